The SMILES string of the molecule is COCCOC(=O)C1=C(C)N(C)C(=S)N[C@@H]1c1cccc(NC(=O)Nc2cccc(OC)c2)c1. The Morgan fingerprint density at radius 2 is 1.74 bits per heavy atom. The van der Waals surface area contributed by atoms with Crippen molar-refractivity contribution in [3.8, 4) is 5.75 Å². The molecule has 0 radical (unpaired) electrons. The van der Waals surface area contributed by atoms with E-state index in [0.717, 1.165) is 5.56 Å². The maximum atomic E-state index is 12.9. The molecule has 0 saturated heterocycles. The number of hydrogen-bond donors (Lipinski definition) is 3. The molecule has 0 saturated carbocycles. The first-order chi connectivity index (χ1) is 16.3. The van der Waals surface area contributed by atoms with Gasteiger partial charge in [0.2, 0.25) is 0 Å². The van der Waals surface area contributed by atoms with Gasteiger partial charge in [0.15, 0.2) is 5.11 Å². The lowest BCUT2D eigenvalue weighted by Crippen LogP contribution is -2.46. The van der Waals surface area contributed by atoms with Crippen LogP contribution in [0.1, 0.15) is 18.5 Å². The topological polar surface area (TPSA) is 101 Å². The van der Waals surface area contributed by atoms with Crippen molar-refractivity contribution in [1.82, 2.24) is 10.2 Å². The minimum atomic E-state index is -0.540. The second kappa shape index (κ2) is 11.5. The summed E-state index contributed by atoms with van der Waals surface area (Å²) < 4.78 is 15.5. The van der Waals surface area contributed by atoms with Crippen LogP contribution in [0.25, 0.3) is 0 Å². The maximum Gasteiger partial charge on any atom is 0.338 e. The van der Waals surface area contributed by atoms with Crippen molar-refractivity contribution in [3.63, 3.8) is 0 Å². The highest BCUT2D eigenvalue weighted by atomic mass is 32.1. The second-order valence-corrected chi connectivity index (χ2v) is 7.89. The van der Waals surface area contributed by atoms with Gasteiger partial charge in [-0.2, -0.15) is 0 Å². The average Bonchev–Trinajstić information content (AvgIpc) is 2.82. The summed E-state index contributed by atoms with van der Waals surface area (Å²) in [5.41, 5.74) is 3.01. The number of rotatable bonds is 8. The third kappa shape index (κ3) is 6.03. The number of nitrogens with one attached hydrogen (secondary N) is 3. The van der Waals surface area contributed by atoms with Crippen LogP contribution >= 0.6 is 12.2 Å². The Balaban J connectivity index is 1.81. The number of carbonyl (C=O) groups is 2. The molecule has 0 spiro atoms. The number of allylic oxidation sites excluding steroid dienone is 1. The van der Waals surface area contributed by atoms with E-state index in [4.69, 9.17) is 26.4 Å². The van der Waals surface area contributed by atoms with Crippen molar-refractivity contribution in [2.75, 3.05) is 45.1 Å². The molecular weight excluding hydrogens is 456 g/mol. The first-order valence-corrected chi connectivity index (χ1v) is 11.0. The van der Waals surface area contributed by atoms with Crippen LogP contribution in [0.5, 0.6) is 5.75 Å². The predicted molar refractivity (Wildman–Crippen MR) is 134 cm³/mol. The number of anilines is 2. The minimum Gasteiger partial charge on any atom is -0.497 e. The zero-order chi connectivity index (χ0) is 24.7. The molecule has 0 bridgehead atoms. The summed E-state index contributed by atoms with van der Waals surface area (Å²) in [5.74, 6) is 0.173. The van der Waals surface area contributed by atoms with Gasteiger partial charge in [0.05, 0.1) is 25.3 Å². The van der Waals surface area contributed by atoms with E-state index < -0.39 is 18.0 Å². The second-order valence-electron chi connectivity index (χ2n) is 7.51. The molecule has 0 fully saturated rings. The molecule has 2 aromatic rings. The summed E-state index contributed by atoms with van der Waals surface area (Å²) in [6, 6.07) is 13.3. The van der Waals surface area contributed by atoms with E-state index in [-0.39, 0.29) is 6.61 Å². The van der Waals surface area contributed by atoms with Gasteiger partial charge in [-0.1, -0.05) is 18.2 Å². The largest absolute Gasteiger partial charge is 0.497 e. The van der Waals surface area contributed by atoms with E-state index >= 15 is 0 Å². The maximum absolute atomic E-state index is 12.9. The highest BCUT2D eigenvalue weighted by molar-refractivity contribution is 7.80. The lowest BCUT2D eigenvalue weighted by atomic mass is 9.95. The molecule has 1 heterocycles. The molecule has 0 aliphatic carbocycles. The smallest absolute Gasteiger partial charge is 0.338 e. The fraction of sp³-hybridized carbons (Fsp3) is 0.292. The van der Waals surface area contributed by atoms with Crippen LogP contribution in [0, 0.1) is 0 Å². The number of urea groups is 1. The molecule has 1 aliphatic heterocycles. The molecule has 2 amide bonds. The average molecular weight is 485 g/mol. The Bertz CT molecular complexity index is 1100. The lowest BCUT2D eigenvalue weighted by Gasteiger charge is -2.35. The number of hydrogen-bond acceptors (Lipinski definition) is 6. The number of amides is 2. The summed E-state index contributed by atoms with van der Waals surface area (Å²) in [5, 5.41) is 9.25. The normalized spacial score (nSPS) is 15.5. The fourth-order valence-corrected chi connectivity index (χ4v) is 3.69. The van der Waals surface area contributed by atoms with Gasteiger partial charge < -0.3 is 35.1 Å². The number of nitrogens with zero attached hydrogens (tertiary/aromatic N) is 1. The van der Waals surface area contributed by atoms with Crippen molar-refractivity contribution < 1.29 is 23.8 Å². The summed E-state index contributed by atoms with van der Waals surface area (Å²) in [6.07, 6.45) is 0. The molecular formula is C24H28N4O5S. The third-order valence-electron chi connectivity index (χ3n) is 5.30. The molecule has 3 rings (SSSR count). The molecule has 1 aliphatic rings. The zero-order valence-electron chi connectivity index (χ0n) is 19.5. The molecule has 0 unspecified atom stereocenters. The number of thiocarbonyl (C=S) groups is 1. The fourth-order valence-electron chi connectivity index (χ4n) is 3.44. The molecule has 2 aromatic carbocycles. The van der Waals surface area contributed by atoms with E-state index in [9.17, 15) is 9.59 Å². The minimum absolute atomic E-state index is 0.138. The van der Waals surface area contributed by atoms with Crippen LogP contribution in [-0.4, -0.2) is 56.5 Å². The number of benzene rings is 2. The van der Waals surface area contributed by atoms with Crippen LogP contribution < -0.4 is 20.7 Å². The van der Waals surface area contributed by atoms with Crippen molar-refractivity contribution in [2.24, 2.45) is 0 Å². The first-order valence-electron chi connectivity index (χ1n) is 10.6. The van der Waals surface area contributed by atoms with Gasteiger partial charge >= 0.3 is 12.0 Å². The Hall–Kier alpha value is -3.63. The zero-order valence-corrected chi connectivity index (χ0v) is 20.3. The Morgan fingerprint density at radius 3 is 2.41 bits per heavy atom. The summed E-state index contributed by atoms with van der Waals surface area (Å²) >= 11 is 5.44. The van der Waals surface area contributed by atoms with E-state index in [1.165, 1.54) is 0 Å². The molecule has 10 heteroatoms. The third-order valence-corrected chi connectivity index (χ3v) is 5.69. The lowest BCUT2D eigenvalue weighted by molar-refractivity contribution is -0.140. The van der Waals surface area contributed by atoms with Gasteiger partial charge in [-0.05, 0) is 49.0 Å². The standard InChI is InChI=1S/C24H28N4O5S/c1-15-20(22(29)33-12-11-31-3)21(27-24(34)28(15)2)16-7-5-8-17(13-16)25-23(30)26-18-9-6-10-19(14-18)32-4/h5-10,13-14,21H,11-12H2,1-4H3,(H,27,34)(H2,25,26,30)/t21-/m1/s1. The molecule has 180 valence electrons. The number of methoxy groups -OCH3 is 2. The molecule has 3 N–H and O–H groups in total. The molecule has 0 aromatic heterocycles. The highest BCUT2D eigenvalue weighted by Gasteiger charge is 2.33. The van der Waals surface area contributed by atoms with Gasteiger partial charge in [-0.25, -0.2) is 9.59 Å². The molecule has 34 heavy (non-hydrogen) atoms. The predicted octanol–water partition coefficient (Wildman–Crippen LogP) is 3.66. The van der Waals surface area contributed by atoms with E-state index in [2.05, 4.69) is 16.0 Å². The van der Waals surface area contributed by atoms with Crippen molar-refractivity contribution in [3.05, 3.63) is 65.4 Å². The van der Waals surface area contributed by atoms with Crippen LogP contribution in [-0.2, 0) is 14.3 Å². The summed E-state index contributed by atoms with van der Waals surface area (Å²) in [7, 11) is 4.88. The number of carbonyl (C=O) groups excluding carboxylic acids is 2. The van der Waals surface area contributed by atoms with Gasteiger partial charge in [0.1, 0.15) is 12.4 Å². The van der Waals surface area contributed by atoms with Crippen molar-refractivity contribution >= 4 is 40.7 Å². The van der Waals surface area contributed by atoms with E-state index in [1.807, 2.05) is 13.0 Å². The molecule has 1 atom stereocenters. The van der Waals surface area contributed by atoms with Crippen LogP contribution in [0.2, 0.25) is 0 Å². The number of ether oxygens (including phenoxy) is 3. The highest BCUT2D eigenvalue weighted by Crippen LogP contribution is 2.32. The monoisotopic (exact) mass is 484 g/mol. The van der Waals surface area contributed by atoms with E-state index in [0.29, 0.717) is 40.1 Å². The van der Waals surface area contributed by atoms with Crippen molar-refractivity contribution in [2.45, 2.75) is 13.0 Å². The van der Waals surface area contributed by atoms with Gasteiger partial charge in [-0.15, -0.1) is 0 Å². The van der Waals surface area contributed by atoms with Crippen LogP contribution in [0.4, 0.5) is 16.2 Å². The Kier molecular flexibility index (Phi) is 8.44. The Morgan fingerprint density at radius 1 is 1.06 bits per heavy atom. The summed E-state index contributed by atoms with van der Waals surface area (Å²) in [6.45, 7) is 2.25. The van der Waals surface area contributed by atoms with Gasteiger partial charge in [0.25, 0.3) is 0 Å². The number of esters is 1. The van der Waals surface area contributed by atoms with Crippen LogP contribution in [0.15, 0.2) is 59.8 Å². The Labute approximate surface area is 204 Å². The van der Waals surface area contributed by atoms with Gasteiger partial charge in [-0.3, -0.25) is 0 Å². The summed E-state index contributed by atoms with van der Waals surface area (Å²) in [4.78, 5) is 27.2. The van der Waals surface area contributed by atoms with Gasteiger partial charge in [0, 0.05) is 37.3 Å². The molecule has 9 nitrogen and oxygen atoms in total. The quantitative estimate of drug-likeness (QED) is 0.297. The van der Waals surface area contributed by atoms with E-state index in [1.54, 1.807) is 68.6 Å². The van der Waals surface area contributed by atoms with Crippen LogP contribution in [0.3, 0.4) is 0 Å². The van der Waals surface area contributed by atoms with Crippen molar-refractivity contribution in [1.29, 1.82) is 0 Å². The first kappa shape index (κ1) is 25.0.